The fourth-order valence-corrected chi connectivity index (χ4v) is 2.30. The Morgan fingerprint density at radius 3 is 3.15 bits per heavy atom. The van der Waals surface area contributed by atoms with E-state index in [1.54, 1.807) is 0 Å². The number of para-hydroxylation sites is 1. The molecule has 1 aromatic carbocycles. The Morgan fingerprint density at radius 1 is 1.45 bits per heavy atom. The molecule has 0 aromatic heterocycles. The zero-order chi connectivity index (χ0) is 14.2. The molecule has 1 aromatic rings. The number of rotatable bonds is 6. The summed E-state index contributed by atoms with van der Waals surface area (Å²) in [5.41, 5.74) is 9.11. The van der Waals surface area contributed by atoms with Crippen LogP contribution in [-0.4, -0.2) is 25.6 Å². The first-order valence-electron chi connectivity index (χ1n) is 6.83. The zero-order valence-electron chi connectivity index (χ0n) is 11.3. The lowest BCUT2D eigenvalue weighted by Gasteiger charge is -2.25. The van der Waals surface area contributed by atoms with Gasteiger partial charge in [-0.25, -0.2) is 0 Å². The number of ether oxygens (including phenoxy) is 1. The van der Waals surface area contributed by atoms with Crippen molar-refractivity contribution < 1.29 is 9.53 Å². The third kappa shape index (κ3) is 3.65. The van der Waals surface area contributed by atoms with Gasteiger partial charge in [-0.2, -0.15) is 0 Å². The van der Waals surface area contributed by atoms with Gasteiger partial charge >= 0.3 is 0 Å². The van der Waals surface area contributed by atoms with E-state index in [4.69, 9.17) is 10.3 Å². The number of fused-ring (bicyclic) bond motifs is 1. The van der Waals surface area contributed by atoms with Crippen LogP contribution in [0, 0.1) is 0 Å². The van der Waals surface area contributed by atoms with Gasteiger partial charge in [-0.3, -0.25) is 4.79 Å². The zero-order valence-corrected chi connectivity index (χ0v) is 11.3. The standard InChI is InChI=1S/C14H18N4O2/c15-18-17-9-4-3-8-16-14(19)12-7-10-20-13-6-2-1-5-11(12)13/h1-2,5-6,12H,3-4,7-10H2,(H,16,19). The molecule has 6 heteroatoms. The molecular weight excluding hydrogens is 256 g/mol. The molecule has 106 valence electrons. The van der Waals surface area contributed by atoms with Crippen molar-refractivity contribution in [3.05, 3.63) is 40.3 Å². The van der Waals surface area contributed by atoms with Gasteiger partial charge < -0.3 is 10.1 Å². The summed E-state index contributed by atoms with van der Waals surface area (Å²) in [7, 11) is 0. The minimum absolute atomic E-state index is 0.0459. The topological polar surface area (TPSA) is 87.1 Å². The number of benzene rings is 1. The Balaban J connectivity index is 1.83. The Bertz CT molecular complexity index is 512. The second-order valence-electron chi connectivity index (χ2n) is 4.68. The molecule has 0 spiro atoms. The maximum Gasteiger partial charge on any atom is 0.227 e. The predicted molar refractivity (Wildman–Crippen MR) is 75.6 cm³/mol. The lowest BCUT2D eigenvalue weighted by Crippen LogP contribution is -2.33. The summed E-state index contributed by atoms with van der Waals surface area (Å²) in [4.78, 5) is 14.9. The lowest BCUT2D eigenvalue weighted by molar-refractivity contribution is -0.123. The van der Waals surface area contributed by atoms with E-state index >= 15 is 0 Å². The first-order chi connectivity index (χ1) is 9.83. The maximum absolute atomic E-state index is 12.2. The SMILES string of the molecule is [N-]=[N+]=NCCCCNC(=O)C1CCOc2ccccc21. The summed E-state index contributed by atoms with van der Waals surface area (Å²) in [6.45, 7) is 1.66. The minimum Gasteiger partial charge on any atom is -0.493 e. The molecule has 0 aliphatic carbocycles. The van der Waals surface area contributed by atoms with Crippen LogP contribution in [0.1, 0.15) is 30.7 Å². The van der Waals surface area contributed by atoms with Gasteiger partial charge in [0.2, 0.25) is 5.91 Å². The van der Waals surface area contributed by atoms with Crippen molar-refractivity contribution in [2.24, 2.45) is 5.11 Å². The van der Waals surface area contributed by atoms with Crippen molar-refractivity contribution in [3.63, 3.8) is 0 Å². The van der Waals surface area contributed by atoms with Crippen LogP contribution in [0.2, 0.25) is 0 Å². The molecule has 0 saturated carbocycles. The molecule has 20 heavy (non-hydrogen) atoms. The van der Waals surface area contributed by atoms with E-state index in [2.05, 4.69) is 15.3 Å². The highest BCUT2D eigenvalue weighted by atomic mass is 16.5. The van der Waals surface area contributed by atoms with E-state index in [9.17, 15) is 4.79 Å². The van der Waals surface area contributed by atoms with E-state index in [0.29, 0.717) is 26.1 Å². The van der Waals surface area contributed by atoms with Crippen molar-refractivity contribution in [3.8, 4) is 5.75 Å². The van der Waals surface area contributed by atoms with Crippen LogP contribution in [0.3, 0.4) is 0 Å². The van der Waals surface area contributed by atoms with Gasteiger partial charge in [-0.1, -0.05) is 23.3 Å². The van der Waals surface area contributed by atoms with Crippen molar-refractivity contribution >= 4 is 5.91 Å². The fourth-order valence-electron chi connectivity index (χ4n) is 2.30. The van der Waals surface area contributed by atoms with E-state index in [0.717, 1.165) is 24.2 Å². The number of unbranched alkanes of at least 4 members (excludes halogenated alkanes) is 1. The monoisotopic (exact) mass is 274 g/mol. The molecule has 1 heterocycles. The first kappa shape index (κ1) is 14.2. The number of hydrogen-bond acceptors (Lipinski definition) is 3. The Labute approximate surface area is 117 Å². The van der Waals surface area contributed by atoms with E-state index in [-0.39, 0.29) is 11.8 Å². The van der Waals surface area contributed by atoms with Crippen LogP contribution in [0.15, 0.2) is 29.4 Å². The Morgan fingerprint density at radius 2 is 2.30 bits per heavy atom. The molecule has 1 unspecified atom stereocenters. The Hall–Kier alpha value is -2.20. The molecule has 1 aliphatic rings. The molecule has 0 radical (unpaired) electrons. The molecular formula is C14H18N4O2. The normalized spacial score (nSPS) is 16.5. The van der Waals surface area contributed by atoms with Crippen LogP contribution in [0.4, 0.5) is 0 Å². The van der Waals surface area contributed by atoms with Crippen molar-refractivity contribution in [2.75, 3.05) is 19.7 Å². The quantitative estimate of drug-likeness (QED) is 0.374. The lowest BCUT2D eigenvalue weighted by atomic mass is 9.92. The maximum atomic E-state index is 12.2. The fraction of sp³-hybridized carbons (Fsp3) is 0.500. The molecule has 1 atom stereocenters. The number of nitrogens with one attached hydrogen (secondary N) is 1. The van der Waals surface area contributed by atoms with Gasteiger partial charge in [-0.05, 0) is 30.9 Å². The molecule has 1 N–H and O–H groups in total. The van der Waals surface area contributed by atoms with Gasteiger partial charge in [-0.15, -0.1) is 0 Å². The first-order valence-corrected chi connectivity index (χ1v) is 6.83. The molecule has 0 fully saturated rings. The third-order valence-electron chi connectivity index (χ3n) is 3.32. The predicted octanol–water partition coefficient (Wildman–Crippen LogP) is 2.76. The summed E-state index contributed by atoms with van der Waals surface area (Å²) >= 11 is 0. The number of carbonyl (C=O) groups is 1. The molecule has 0 bridgehead atoms. The van der Waals surface area contributed by atoms with E-state index in [1.165, 1.54) is 0 Å². The second-order valence-corrected chi connectivity index (χ2v) is 4.68. The number of carbonyl (C=O) groups excluding carboxylic acids is 1. The van der Waals surface area contributed by atoms with Crippen LogP contribution in [0.5, 0.6) is 5.75 Å². The average Bonchev–Trinajstić information content (AvgIpc) is 2.50. The highest BCUT2D eigenvalue weighted by Gasteiger charge is 2.26. The second kappa shape index (κ2) is 7.40. The van der Waals surface area contributed by atoms with Crippen molar-refractivity contribution in [1.29, 1.82) is 0 Å². The van der Waals surface area contributed by atoms with E-state index < -0.39 is 0 Å². The van der Waals surface area contributed by atoms with Crippen LogP contribution >= 0.6 is 0 Å². The smallest absolute Gasteiger partial charge is 0.227 e. The Kier molecular flexibility index (Phi) is 5.26. The number of nitrogens with zero attached hydrogens (tertiary/aromatic N) is 3. The van der Waals surface area contributed by atoms with Gasteiger partial charge in [0.1, 0.15) is 5.75 Å². The highest BCUT2D eigenvalue weighted by Crippen LogP contribution is 2.33. The van der Waals surface area contributed by atoms with Gasteiger partial charge in [0.15, 0.2) is 0 Å². The molecule has 1 aliphatic heterocycles. The van der Waals surface area contributed by atoms with Crippen LogP contribution in [0.25, 0.3) is 10.4 Å². The minimum atomic E-state index is -0.128. The van der Waals surface area contributed by atoms with Gasteiger partial charge in [0, 0.05) is 23.6 Å². The van der Waals surface area contributed by atoms with Crippen LogP contribution < -0.4 is 10.1 Å². The number of amides is 1. The van der Waals surface area contributed by atoms with Gasteiger partial charge in [0.25, 0.3) is 0 Å². The molecule has 1 amide bonds. The average molecular weight is 274 g/mol. The van der Waals surface area contributed by atoms with Crippen molar-refractivity contribution in [2.45, 2.75) is 25.2 Å². The van der Waals surface area contributed by atoms with Crippen LogP contribution in [-0.2, 0) is 4.79 Å². The summed E-state index contributed by atoms with van der Waals surface area (Å²) in [6.07, 6.45) is 2.31. The molecule has 0 saturated heterocycles. The third-order valence-corrected chi connectivity index (χ3v) is 3.32. The number of azide groups is 1. The van der Waals surface area contributed by atoms with Gasteiger partial charge in [0.05, 0.1) is 12.5 Å². The summed E-state index contributed by atoms with van der Waals surface area (Å²) in [5, 5.41) is 6.40. The number of hydrogen-bond donors (Lipinski definition) is 1. The highest BCUT2D eigenvalue weighted by molar-refractivity contribution is 5.84. The summed E-state index contributed by atoms with van der Waals surface area (Å²) in [6, 6.07) is 7.68. The summed E-state index contributed by atoms with van der Waals surface area (Å²) in [5.74, 6) is 0.726. The van der Waals surface area contributed by atoms with E-state index in [1.807, 2.05) is 24.3 Å². The van der Waals surface area contributed by atoms with Crippen molar-refractivity contribution in [1.82, 2.24) is 5.32 Å². The largest absolute Gasteiger partial charge is 0.493 e. The summed E-state index contributed by atoms with van der Waals surface area (Å²) < 4.78 is 5.55. The molecule has 2 rings (SSSR count). The molecule has 6 nitrogen and oxygen atoms in total.